The third-order valence-corrected chi connectivity index (χ3v) is 9.13. The molecule has 224 valence electrons. The van der Waals surface area contributed by atoms with Crippen LogP contribution in [-0.2, 0) is 12.8 Å². The quantitative estimate of drug-likeness (QED) is 0.131. The van der Waals surface area contributed by atoms with Crippen molar-refractivity contribution in [2.75, 3.05) is 37.0 Å². The Morgan fingerprint density at radius 1 is 1.18 bits per heavy atom. The number of nitrogens with zero attached hydrogens (tertiary/aromatic N) is 5. The minimum absolute atomic E-state index is 0.00734. The molecule has 6 rings (SSSR count). The smallest absolute Gasteiger partial charge is 0.355 e. The molecule has 0 fully saturated rings. The van der Waals surface area contributed by atoms with Gasteiger partial charge in [-0.05, 0) is 63.6 Å². The number of ether oxygens (including phenoxy) is 1. The summed E-state index contributed by atoms with van der Waals surface area (Å²) >= 11 is 2.87. The van der Waals surface area contributed by atoms with Gasteiger partial charge in [0.2, 0.25) is 0 Å². The maximum atomic E-state index is 14.5. The van der Waals surface area contributed by atoms with Crippen LogP contribution in [0.1, 0.15) is 38.5 Å². The third kappa shape index (κ3) is 6.19. The van der Waals surface area contributed by atoms with Crippen molar-refractivity contribution in [3.8, 4) is 17.6 Å². The number of carbonyl (C=O) groups is 1. The minimum Gasteiger partial charge on any atom is -0.491 e. The van der Waals surface area contributed by atoms with Crippen molar-refractivity contribution in [1.29, 1.82) is 0 Å². The Balaban J connectivity index is 1.12. The molecule has 4 heterocycles. The van der Waals surface area contributed by atoms with Gasteiger partial charge in [0.1, 0.15) is 0 Å². The van der Waals surface area contributed by atoms with E-state index >= 15 is 0 Å². The van der Waals surface area contributed by atoms with Crippen molar-refractivity contribution in [2.45, 2.75) is 26.2 Å². The fourth-order valence-corrected chi connectivity index (χ4v) is 6.84. The molecule has 0 unspecified atom stereocenters. The second-order valence-electron chi connectivity index (χ2n) is 9.99. The second kappa shape index (κ2) is 12.9. The van der Waals surface area contributed by atoms with Crippen LogP contribution < -0.4 is 20.3 Å². The van der Waals surface area contributed by atoms with E-state index in [4.69, 9.17) is 4.74 Å². The van der Waals surface area contributed by atoms with Gasteiger partial charge < -0.3 is 25.4 Å². The fraction of sp³-hybridized carbons (Fsp3) is 0.258. The molecule has 0 spiro atoms. The van der Waals surface area contributed by atoms with Crippen molar-refractivity contribution in [3.05, 3.63) is 75.5 Å². The van der Waals surface area contributed by atoms with E-state index < -0.39 is 11.8 Å². The van der Waals surface area contributed by atoms with Gasteiger partial charge in [0, 0.05) is 28.1 Å². The number of aromatic nitrogens is 4. The van der Waals surface area contributed by atoms with Crippen LogP contribution in [0.3, 0.4) is 0 Å². The Bertz CT molecular complexity index is 1880. The molecule has 0 amide bonds. The summed E-state index contributed by atoms with van der Waals surface area (Å²) in [7, 11) is 1.79. The fourth-order valence-electron chi connectivity index (χ4n) is 4.86. The Morgan fingerprint density at radius 2 is 2.05 bits per heavy atom. The highest BCUT2D eigenvalue weighted by atomic mass is 32.1. The number of fused-ring (bicyclic) bond motifs is 2. The number of halogens is 1. The zero-order valence-electron chi connectivity index (χ0n) is 24.0. The van der Waals surface area contributed by atoms with E-state index in [1.54, 1.807) is 30.5 Å². The number of nitrogens with one attached hydrogen (secondary N) is 2. The normalized spacial score (nSPS) is 12.2. The van der Waals surface area contributed by atoms with Gasteiger partial charge in [0.25, 0.3) is 0 Å². The maximum absolute atomic E-state index is 14.5. The van der Waals surface area contributed by atoms with Gasteiger partial charge in [-0.15, -0.1) is 21.5 Å². The van der Waals surface area contributed by atoms with E-state index in [1.807, 2.05) is 36.1 Å². The van der Waals surface area contributed by atoms with Crippen LogP contribution in [0.15, 0.2) is 42.5 Å². The number of rotatable bonds is 10. The number of benzene rings is 2. The number of thiazole rings is 2. The molecule has 10 nitrogen and oxygen atoms in total. The average molecular weight is 630 g/mol. The van der Waals surface area contributed by atoms with Crippen LogP contribution in [0.5, 0.6) is 5.75 Å². The first-order chi connectivity index (χ1) is 21.4. The van der Waals surface area contributed by atoms with E-state index in [0.717, 1.165) is 32.9 Å². The molecule has 13 heteroatoms. The first-order valence-electron chi connectivity index (χ1n) is 14.0. The summed E-state index contributed by atoms with van der Waals surface area (Å²) in [6.07, 6.45) is 1.63. The maximum Gasteiger partial charge on any atom is 0.355 e. The Kier molecular flexibility index (Phi) is 8.65. The largest absolute Gasteiger partial charge is 0.491 e. The zero-order valence-corrected chi connectivity index (χ0v) is 25.6. The molecule has 0 radical (unpaired) electrons. The molecule has 0 saturated heterocycles. The number of carboxylic acid groups (broad SMARTS) is 1. The first kappa shape index (κ1) is 29.4. The highest BCUT2D eigenvalue weighted by molar-refractivity contribution is 7.22. The highest BCUT2D eigenvalue weighted by Gasteiger charge is 2.30. The molecule has 1 aliphatic rings. The molecule has 3 N–H and O–H groups in total. The summed E-state index contributed by atoms with van der Waals surface area (Å²) in [5.74, 6) is 5.64. The van der Waals surface area contributed by atoms with Crippen molar-refractivity contribution in [3.63, 3.8) is 0 Å². The number of hydrogen-bond donors (Lipinski definition) is 3. The lowest BCUT2D eigenvalue weighted by Gasteiger charge is -2.15. The van der Waals surface area contributed by atoms with Gasteiger partial charge in [0.05, 0.1) is 23.4 Å². The van der Waals surface area contributed by atoms with Crippen molar-refractivity contribution >= 4 is 60.8 Å². The summed E-state index contributed by atoms with van der Waals surface area (Å²) in [6.45, 7) is 3.34. The van der Waals surface area contributed by atoms with E-state index in [0.29, 0.717) is 53.1 Å². The predicted molar refractivity (Wildman–Crippen MR) is 170 cm³/mol. The summed E-state index contributed by atoms with van der Waals surface area (Å²) in [6, 6.07) is 12.5. The second-order valence-corrected chi connectivity index (χ2v) is 12.1. The molecule has 5 aromatic rings. The van der Waals surface area contributed by atoms with Gasteiger partial charge >= 0.3 is 5.97 Å². The average Bonchev–Trinajstić information content (AvgIpc) is 3.74. The molecular weight excluding hydrogens is 602 g/mol. The molecular formula is C31H28FN7O3S2. The molecule has 0 saturated carbocycles. The molecule has 3 aromatic heterocycles. The number of aromatic carboxylic acids is 1. The lowest BCUT2D eigenvalue weighted by atomic mass is 10.1. The van der Waals surface area contributed by atoms with Crippen LogP contribution in [0.25, 0.3) is 10.2 Å². The van der Waals surface area contributed by atoms with Crippen LogP contribution in [-0.4, -0.2) is 58.0 Å². The molecule has 0 bridgehead atoms. The summed E-state index contributed by atoms with van der Waals surface area (Å²) in [5, 5.41) is 26.3. The monoisotopic (exact) mass is 629 g/mol. The summed E-state index contributed by atoms with van der Waals surface area (Å²) < 4.78 is 21.2. The van der Waals surface area contributed by atoms with Crippen molar-refractivity contribution in [2.24, 2.45) is 0 Å². The first-order valence-corrected chi connectivity index (χ1v) is 15.6. The van der Waals surface area contributed by atoms with Crippen LogP contribution in [0.2, 0.25) is 0 Å². The highest BCUT2D eigenvalue weighted by Crippen LogP contribution is 2.40. The summed E-state index contributed by atoms with van der Waals surface area (Å²) in [4.78, 5) is 23.7. The number of anilines is 4. The van der Waals surface area contributed by atoms with Crippen LogP contribution in [0, 0.1) is 24.6 Å². The van der Waals surface area contributed by atoms with Gasteiger partial charge in [-0.25, -0.2) is 19.2 Å². The summed E-state index contributed by atoms with van der Waals surface area (Å²) in [5.41, 5.74) is 3.50. The number of aryl methyl sites for hydroxylation is 1. The third-order valence-electron chi connectivity index (χ3n) is 7.04. The lowest BCUT2D eigenvalue weighted by molar-refractivity contribution is 0.0690. The minimum atomic E-state index is -1.10. The standard InChI is InChI=1S/C31H28FN7O3S2/c1-18-20-13-15-39(28(20)38-37-27(18)36-30-34-22-8-3-4-9-24(22)43-30)31-35-26(29(40)41)25(44-31)10-6-16-42-23-12-11-19(17-21(23)32)7-5-14-33-2/h3-4,8-9,11-12,17,33H,6,10,13-16H2,1-2H3,(H,40,41)(H,34,36,37). The topological polar surface area (TPSA) is 125 Å². The zero-order chi connectivity index (χ0) is 30.6. The van der Waals surface area contributed by atoms with Crippen LogP contribution in [0.4, 0.5) is 26.3 Å². The van der Waals surface area contributed by atoms with Gasteiger partial charge in [-0.3, -0.25) is 0 Å². The predicted octanol–water partition coefficient (Wildman–Crippen LogP) is 5.71. The Labute approximate surface area is 261 Å². The molecule has 0 atom stereocenters. The molecule has 0 aliphatic carbocycles. The van der Waals surface area contributed by atoms with Crippen molar-refractivity contribution in [1.82, 2.24) is 25.5 Å². The number of hydrogen-bond acceptors (Lipinski definition) is 11. The van der Waals surface area contributed by atoms with Crippen molar-refractivity contribution < 1.29 is 19.0 Å². The number of para-hydroxylation sites is 1. The molecule has 2 aromatic carbocycles. The van der Waals surface area contributed by atoms with E-state index in [-0.39, 0.29) is 18.1 Å². The molecule has 1 aliphatic heterocycles. The van der Waals surface area contributed by atoms with Gasteiger partial charge in [-0.1, -0.05) is 35.3 Å². The van der Waals surface area contributed by atoms with E-state index in [9.17, 15) is 14.3 Å². The number of carboxylic acids is 1. The van der Waals surface area contributed by atoms with Crippen LogP contribution >= 0.6 is 22.7 Å². The Morgan fingerprint density at radius 3 is 2.84 bits per heavy atom. The molecule has 44 heavy (non-hydrogen) atoms. The van der Waals surface area contributed by atoms with Gasteiger partial charge in [-0.2, -0.15) is 0 Å². The Hall–Kier alpha value is -4.64. The van der Waals surface area contributed by atoms with E-state index in [1.165, 1.54) is 17.4 Å². The van der Waals surface area contributed by atoms with E-state index in [2.05, 4.69) is 42.6 Å². The lowest BCUT2D eigenvalue weighted by Crippen LogP contribution is -2.15. The van der Waals surface area contributed by atoms with Gasteiger partial charge in [0.15, 0.2) is 39.2 Å². The SMILES string of the molecule is CNCC#Cc1ccc(OCCCc2sc(N3CCc4c3nnc(Nc3nc5ccccc5s3)c4C)nc2C(=O)O)c(F)c1.